The molecule has 0 aromatic rings. The predicted molar refractivity (Wildman–Crippen MR) is 51.5 cm³/mol. The summed E-state index contributed by atoms with van der Waals surface area (Å²) in [6, 6.07) is 0.130. The molecule has 2 rings (SSSR count). The number of nitrogens with two attached hydrogens (primary N) is 1. The molecule has 2 aliphatic rings. The first-order chi connectivity index (χ1) is 6.98. The van der Waals surface area contributed by atoms with Gasteiger partial charge in [0.05, 0.1) is 0 Å². The molecule has 1 amide bonds. The Balaban J connectivity index is 1.83. The predicted octanol–water partition coefficient (Wildman–Crippen LogP) is 0.981. The van der Waals surface area contributed by atoms with Gasteiger partial charge in [0.1, 0.15) is 0 Å². The molecule has 0 aromatic heterocycles. The number of alkyl halides is 2. The average Bonchev–Trinajstić information content (AvgIpc) is 2.12. The van der Waals surface area contributed by atoms with Crippen molar-refractivity contribution in [3.63, 3.8) is 0 Å². The van der Waals surface area contributed by atoms with Crippen LogP contribution in [0.3, 0.4) is 0 Å². The number of halogens is 2. The summed E-state index contributed by atoms with van der Waals surface area (Å²) in [5.41, 5.74) is 5.59. The number of nitrogens with zero attached hydrogens (tertiary/aromatic N) is 1. The van der Waals surface area contributed by atoms with Crippen molar-refractivity contribution in [2.75, 3.05) is 13.1 Å². The summed E-state index contributed by atoms with van der Waals surface area (Å²) in [6.07, 6.45) is 1.03. The van der Waals surface area contributed by atoms with Crippen LogP contribution in [0.15, 0.2) is 0 Å². The van der Waals surface area contributed by atoms with Gasteiger partial charge in [-0.2, -0.15) is 0 Å². The molecule has 1 heterocycles. The first-order valence-electron chi connectivity index (χ1n) is 5.40. The van der Waals surface area contributed by atoms with E-state index in [1.807, 2.05) is 0 Å². The number of likely N-dealkylation sites (tertiary alicyclic amines) is 1. The first kappa shape index (κ1) is 10.8. The molecule has 0 atom stereocenters. The third kappa shape index (κ3) is 2.27. The zero-order valence-corrected chi connectivity index (χ0v) is 8.59. The van der Waals surface area contributed by atoms with Crippen LogP contribution in [0.4, 0.5) is 8.78 Å². The van der Waals surface area contributed by atoms with E-state index in [9.17, 15) is 13.6 Å². The van der Waals surface area contributed by atoms with E-state index < -0.39 is 5.92 Å². The highest BCUT2D eigenvalue weighted by atomic mass is 19.3. The van der Waals surface area contributed by atoms with Gasteiger partial charge in [-0.25, -0.2) is 8.78 Å². The maximum Gasteiger partial charge on any atom is 0.251 e. The molecule has 0 bridgehead atoms. The van der Waals surface area contributed by atoms with E-state index in [4.69, 9.17) is 5.73 Å². The highest BCUT2D eigenvalue weighted by molar-refractivity contribution is 5.80. The van der Waals surface area contributed by atoms with Gasteiger partial charge in [-0.15, -0.1) is 0 Å². The Labute approximate surface area is 87.6 Å². The molecule has 0 radical (unpaired) electrons. The largest absolute Gasteiger partial charge is 0.342 e. The number of piperidine rings is 1. The highest BCUT2D eigenvalue weighted by Crippen LogP contribution is 2.32. The van der Waals surface area contributed by atoms with Crippen molar-refractivity contribution in [1.29, 1.82) is 0 Å². The van der Waals surface area contributed by atoms with Crippen LogP contribution in [0.1, 0.15) is 25.7 Å². The van der Waals surface area contributed by atoms with Gasteiger partial charge in [-0.1, -0.05) is 0 Å². The van der Waals surface area contributed by atoms with Crippen molar-refractivity contribution in [2.24, 2.45) is 11.7 Å². The highest BCUT2D eigenvalue weighted by Gasteiger charge is 2.40. The molecule has 0 unspecified atom stereocenters. The van der Waals surface area contributed by atoms with E-state index in [1.54, 1.807) is 4.90 Å². The van der Waals surface area contributed by atoms with Crippen LogP contribution in [0.2, 0.25) is 0 Å². The van der Waals surface area contributed by atoms with Gasteiger partial charge in [0.25, 0.3) is 5.92 Å². The van der Waals surface area contributed by atoms with E-state index in [0.29, 0.717) is 12.8 Å². The third-order valence-electron chi connectivity index (χ3n) is 3.33. The molecule has 15 heavy (non-hydrogen) atoms. The lowest BCUT2D eigenvalue weighted by Crippen LogP contribution is -2.50. The molecule has 1 aliphatic carbocycles. The monoisotopic (exact) mass is 218 g/mol. The molecular formula is C10H16F2N2O. The minimum Gasteiger partial charge on any atom is -0.342 e. The Kier molecular flexibility index (Phi) is 2.66. The normalized spacial score (nSPS) is 34.7. The summed E-state index contributed by atoms with van der Waals surface area (Å²) in [5, 5.41) is 0. The summed E-state index contributed by atoms with van der Waals surface area (Å²) in [4.78, 5) is 13.3. The van der Waals surface area contributed by atoms with Crippen molar-refractivity contribution < 1.29 is 13.6 Å². The standard InChI is InChI=1S/C10H16F2N2O/c11-10(12)1-3-14(4-2-10)9(15)7-5-8(13)6-7/h7-8H,1-6,13H2. The number of carbonyl (C=O) groups is 1. The fourth-order valence-electron chi connectivity index (χ4n) is 2.18. The molecule has 1 saturated heterocycles. The van der Waals surface area contributed by atoms with E-state index in [1.165, 1.54) is 0 Å². The topological polar surface area (TPSA) is 46.3 Å². The van der Waals surface area contributed by atoms with Gasteiger partial charge in [-0.3, -0.25) is 4.79 Å². The van der Waals surface area contributed by atoms with Crippen LogP contribution in [-0.4, -0.2) is 35.9 Å². The summed E-state index contributed by atoms with van der Waals surface area (Å²) in [5.74, 6) is -2.56. The molecular weight excluding hydrogens is 202 g/mol. The van der Waals surface area contributed by atoms with E-state index >= 15 is 0 Å². The molecule has 1 aliphatic heterocycles. The fourth-order valence-corrected chi connectivity index (χ4v) is 2.18. The third-order valence-corrected chi connectivity index (χ3v) is 3.33. The molecule has 0 spiro atoms. The fraction of sp³-hybridized carbons (Fsp3) is 0.900. The second-order valence-corrected chi connectivity index (χ2v) is 4.61. The smallest absolute Gasteiger partial charge is 0.251 e. The van der Waals surface area contributed by atoms with Crippen LogP contribution < -0.4 is 5.73 Å². The van der Waals surface area contributed by atoms with E-state index in [-0.39, 0.29) is 43.8 Å². The minimum atomic E-state index is -2.58. The van der Waals surface area contributed by atoms with Gasteiger partial charge in [-0.05, 0) is 12.8 Å². The van der Waals surface area contributed by atoms with Crippen molar-refractivity contribution in [3.05, 3.63) is 0 Å². The maximum atomic E-state index is 12.8. The second kappa shape index (κ2) is 3.70. The Morgan fingerprint density at radius 2 is 1.80 bits per heavy atom. The van der Waals surface area contributed by atoms with Crippen LogP contribution in [0.25, 0.3) is 0 Å². The van der Waals surface area contributed by atoms with Gasteiger partial charge >= 0.3 is 0 Å². The number of rotatable bonds is 1. The Morgan fingerprint density at radius 3 is 2.27 bits per heavy atom. The van der Waals surface area contributed by atoms with Crippen molar-refractivity contribution in [1.82, 2.24) is 4.90 Å². The summed E-state index contributed by atoms with van der Waals surface area (Å²) in [7, 11) is 0. The lowest BCUT2D eigenvalue weighted by atomic mass is 9.79. The summed E-state index contributed by atoms with van der Waals surface area (Å²) in [6.45, 7) is 0.384. The number of hydrogen-bond acceptors (Lipinski definition) is 2. The zero-order chi connectivity index (χ0) is 11.1. The van der Waals surface area contributed by atoms with Gasteiger partial charge in [0.2, 0.25) is 5.91 Å². The van der Waals surface area contributed by atoms with E-state index in [0.717, 1.165) is 0 Å². The molecule has 2 N–H and O–H groups in total. The molecule has 3 nitrogen and oxygen atoms in total. The van der Waals surface area contributed by atoms with Crippen molar-refractivity contribution >= 4 is 5.91 Å². The Bertz CT molecular complexity index is 254. The minimum absolute atomic E-state index is 0.00766. The lowest BCUT2D eigenvalue weighted by Gasteiger charge is -2.38. The molecule has 5 heteroatoms. The molecule has 2 fully saturated rings. The van der Waals surface area contributed by atoms with Crippen LogP contribution in [-0.2, 0) is 4.79 Å². The van der Waals surface area contributed by atoms with Gasteiger partial charge < -0.3 is 10.6 Å². The van der Waals surface area contributed by atoms with Crippen LogP contribution in [0, 0.1) is 5.92 Å². The lowest BCUT2D eigenvalue weighted by molar-refractivity contribution is -0.144. The van der Waals surface area contributed by atoms with Crippen molar-refractivity contribution in [3.8, 4) is 0 Å². The quantitative estimate of drug-likeness (QED) is 0.713. The summed E-state index contributed by atoms with van der Waals surface area (Å²) < 4.78 is 25.7. The SMILES string of the molecule is NC1CC(C(=O)N2CCC(F)(F)CC2)C1. The number of hydrogen-bond donors (Lipinski definition) is 1. The molecule has 1 saturated carbocycles. The second-order valence-electron chi connectivity index (χ2n) is 4.61. The maximum absolute atomic E-state index is 12.8. The average molecular weight is 218 g/mol. The number of carbonyl (C=O) groups excluding carboxylic acids is 1. The van der Waals surface area contributed by atoms with Gasteiger partial charge in [0, 0.05) is 37.9 Å². The number of amides is 1. The Morgan fingerprint density at radius 1 is 1.27 bits per heavy atom. The molecule has 86 valence electrons. The summed E-state index contributed by atoms with van der Waals surface area (Å²) >= 11 is 0. The first-order valence-corrected chi connectivity index (χ1v) is 5.40. The van der Waals surface area contributed by atoms with Crippen LogP contribution in [0.5, 0.6) is 0 Å². The molecule has 0 aromatic carbocycles. The van der Waals surface area contributed by atoms with Crippen LogP contribution >= 0.6 is 0 Å². The Hall–Kier alpha value is -0.710. The van der Waals surface area contributed by atoms with Gasteiger partial charge in [0.15, 0.2) is 0 Å². The van der Waals surface area contributed by atoms with Crippen molar-refractivity contribution in [2.45, 2.75) is 37.6 Å². The zero-order valence-electron chi connectivity index (χ0n) is 8.59. The van der Waals surface area contributed by atoms with E-state index in [2.05, 4.69) is 0 Å².